The van der Waals surface area contributed by atoms with E-state index in [9.17, 15) is 9.59 Å². The Labute approximate surface area is 156 Å². The maximum absolute atomic E-state index is 12.8. The van der Waals surface area contributed by atoms with Crippen LogP contribution < -0.4 is 5.56 Å². The van der Waals surface area contributed by atoms with Gasteiger partial charge in [-0.3, -0.25) is 4.79 Å². The van der Waals surface area contributed by atoms with Gasteiger partial charge in [-0.2, -0.15) is 5.10 Å². The zero-order chi connectivity index (χ0) is 19.2. The SMILES string of the molecule is COC[C@H](C)OC(=O)c1c(-c2ccccc2)c(-c2ccccc2)n[nH]c1=O. The number of carbonyl (C=O) groups excluding carboxylic acids is 1. The van der Waals surface area contributed by atoms with Crippen molar-refractivity contribution in [3.05, 3.63) is 76.6 Å². The van der Waals surface area contributed by atoms with Crippen LogP contribution in [0.3, 0.4) is 0 Å². The van der Waals surface area contributed by atoms with E-state index in [0.29, 0.717) is 16.8 Å². The highest BCUT2D eigenvalue weighted by Gasteiger charge is 2.25. The van der Waals surface area contributed by atoms with Crippen molar-refractivity contribution in [3.8, 4) is 22.4 Å². The van der Waals surface area contributed by atoms with Gasteiger partial charge in [0.15, 0.2) is 0 Å². The van der Waals surface area contributed by atoms with Crippen molar-refractivity contribution < 1.29 is 14.3 Å². The van der Waals surface area contributed by atoms with Crippen molar-refractivity contribution in [3.63, 3.8) is 0 Å². The summed E-state index contributed by atoms with van der Waals surface area (Å²) >= 11 is 0. The lowest BCUT2D eigenvalue weighted by Gasteiger charge is -2.16. The fourth-order valence-corrected chi connectivity index (χ4v) is 2.85. The van der Waals surface area contributed by atoms with Crippen molar-refractivity contribution in [2.75, 3.05) is 13.7 Å². The number of nitrogens with one attached hydrogen (secondary N) is 1. The normalized spacial score (nSPS) is 11.8. The third kappa shape index (κ3) is 4.12. The molecular formula is C21H20N2O4. The van der Waals surface area contributed by atoms with Crippen LogP contribution in [0.15, 0.2) is 65.5 Å². The highest BCUT2D eigenvalue weighted by molar-refractivity contribution is 6.00. The molecule has 1 aromatic heterocycles. The van der Waals surface area contributed by atoms with Crippen molar-refractivity contribution in [2.24, 2.45) is 0 Å². The summed E-state index contributed by atoms with van der Waals surface area (Å²) in [6.45, 7) is 1.94. The van der Waals surface area contributed by atoms with Crippen molar-refractivity contribution >= 4 is 5.97 Å². The summed E-state index contributed by atoms with van der Waals surface area (Å²) in [4.78, 5) is 25.3. The van der Waals surface area contributed by atoms with Crippen LogP contribution in [0.2, 0.25) is 0 Å². The Balaban J connectivity index is 2.20. The minimum absolute atomic E-state index is 0.0713. The summed E-state index contributed by atoms with van der Waals surface area (Å²) in [5.41, 5.74) is 1.78. The number of hydrogen-bond donors (Lipinski definition) is 1. The highest BCUT2D eigenvalue weighted by atomic mass is 16.6. The minimum Gasteiger partial charge on any atom is -0.456 e. The Bertz CT molecular complexity index is 968. The van der Waals surface area contributed by atoms with Gasteiger partial charge in [0.2, 0.25) is 0 Å². The Morgan fingerprint density at radius 2 is 1.63 bits per heavy atom. The van der Waals surface area contributed by atoms with Crippen LogP contribution in [0.25, 0.3) is 22.4 Å². The molecule has 0 aliphatic rings. The average Bonchev–Trinajstić information content (AvgIpc) is 2.69. The second-order valence-corrected chi connectivity index (χ2v) is 6.05. The number of aromatic amines is 1. The first-order valence-electron chi connectivity index (χ1n) is 8.55. The topological polar surface area (TPSA) is 81.3 Å². The zero-order valence-corrected chi connectivity index (χ0v) is 15.1. The molecular weight excluding hydrogens is 344 g/mol. The van der Waals surface area contributed by atoms with Gasteiger partial charge in [0.25, 0.3) is 5.56 Å². The molecule has 0 fully saturated rings. The number of H-pyrrole nitrogens is 1. The average molecular weight is 364 g/mol. The quantitative estimate of drug-likeness (QED) is 0.679. The lowest BCUT2D eigenvalue weighted by atomic mass is 9.95. The maximum atomic E-state index is 12.8. The fourth-order valence-electron chi connectivity index (χ4n) is 2.85. The number of methoxy groups -OCH3 is 1. The van der Waals surface area contributed by atoms with Gasteiger partial charge in [0.05, 0.1) is 12.3 Å². The summed E-state index contributed by atoms with van der Waals surface area (Å²) in [5, 5.41) is 6.64. The van der Waals surface area contributed by atoms with Crippen LogP contribution in [0.4, 0.5) is 0 Å². The molecule has 27 heavy (non-hydrogen) atoms. The highest BCUT2D eigenvalue weighted by Crippen LogP contribution is 2.31. The van der Waals surface area contributed by atoms with Crippen molar-refractivity contribution in [1.82, 2.24) is 10.2 Å². The van der Waals surface area contributed by atoms with Gasteiger partial charge in [0, 0.05) is 18.2 Å². The van der Waals surface area contributed by atoms with Crippen LogP contribution >= 0.6 is 0 Å². The Kier molecular flexibility index (Phi) is 5.78. The molecule has 0 saturated heterocycles. The number of esters is 1. The largest absolute Gasteiger partial charge is 0.456 e. The maximum Gasteiger partial charge on any atom is 0.344 e. The third-order valence-electron chi connectivity index (χ3n) is 4.01. The van der Waals surface area contributed by atoms with Gasteiger partial charge in [-0.1, -0.05) is 60.7 Å². The van der Waals surface area contributed by atoms with E-state index in [1.54, 1.807) is 6.92 Å². The number of benzene rings is 2. The number of ether oxygens (including phenoxy) is 2. The second-order valence-electron chi connectivity index (χ2n) is 6.05. The molecule has 1 atom stereocenters. The van der Waals surface area contributed by atoms with E-state index in [1.807, 2.05) is 60.7 Å². The van der Waals surface area contributed by atoms with E-state index in [2.05, 4.69) is 10.2 Å². The molecule has 6 nitrogen and oxygen atoms in total. The van der Waals surface area contributed by atoms with E-state index in [-0.39, 0.29) is 12.2 Å². The molecule has 0 aliphatic carbocycles. The molecule has 3 aromatic rings. The van der Waals surface area contributed by atoms with E-state index in [4.69, 9.17) is 9.47 Å². The van der Waals surface area contributed by atoms with Gasteiger partial charge >= 0.3 is 5.97 Å². The molecule has 2 aromatic carbocycles. The number of aromatic nitrogens is 2. The lowest BCUT2D eigenvalue weighted by molar-refractivity contribution is 0.0119. The Hall–Kier alpha value is -3.25. The first-order chi connectivity index (χ1) is 13.1. The van der Waals surface area contributed by atoms with Crippen LogP contribution in [-0.2, 0) is 9.47 Å². The van der Waals surface area contributed by atoms with Crippen LogP contribution in [0, 0.1) is 0 Å². The number of rotatable bonds is 6. The van der Waals surface area contributed by atoms with E-state index >= 15 is 0 Å². The summed E-state index contributed by atoms with van der Waals surface area (Å²) in [6, 6.07) is 18.6. The van der Waals surface area contributed by atoms with Crippen LogP contribution in [-0.4, -0.2) is 36.0 Å². The predicted octanol–water partition coefficient (Wildman–Crippen LogP) is 3.30. The first kappa shape index (κ1) is 18.5. The van der Waals surface area contributed by atoms with E-state index < -0.39 is 17.6 Å². The van der Waals surface area contributed by atoms with Gasteiger partial charge < -0.3 is 9.47 Å². The molecule has 6 heteroatoms. The number of hydrogen-bond acceptors (Lipinski definition) is 5. The fraction of sp³-hybridized carbons (Fsp3) is 0.190. The molecule has 0 bridgehead atoms. The molecule has 0 saturated carbocycles. The van der Waals surface area contributed by atoms with Gasteiger partial charge in [-0.05, 0) is 12.5 Å². The van der Waals surface area contributed by atoms with E-state index in [0.717, 1.165) is 5.56 Å². The molecule has 0 aliphatic heterocycles. The van der Waals surface area contributed by atoms with Gasteiger partial charge in [0.1, 0.15) is 11.7 Å². The second kappa shape index (κ2) is 8.42. The van der Waals surface area contributed by atoms with Gasteiger partial charge in [-0.25, -0.2) is 9.89 Å². The van der Waals surface area contributed by atoms with Crippen molar-refractivity contribution in [1.29, 1.82) is 0 Å². The summed E-state index contributed by atoms with van der Waals surface area (Å²) < 4.78 is 10.4. The summed E-state index contributed by atoms with van der Waals surface area (Å²) in [5.74, 6) is -0.709. The molecule has 3 rings (SSSR count). The molecule has 0 amide bonds. The minimum atomic E-state index is -0.709. The number of carbonyl (C=O) groups is 1. The standard InChI is InChI=1S/C21H20N2O4/c1-14(13-26-2)27-21(25)18-17(15-9-5-3-6-10-15)19(22-23-20(18)24)16-11-7-4-8-12-16/h3-12,14H,13H2,1-2H3,(H,23,24)/t14-/m0/s1. The summed E-state index contributed by atoms with van der Waals surface area (Å²) in [6.07, 6.45) is -0.487. The van der Waals surface area contributed by atoms with Crippen molar-refractivity contribution in [2.45, 2.75) is 13.0 Å². The Morgan fingerprint density at radius 1 is 1.04 bits per heavy atom. The third-order valence-corrected chi connectivity index (χ3v) is 4.01. The predicted molar refractivity (Wildman–Crippen MR) is 102 cm³/mol. The van der Waals surface area contributed by atoms with Gasteiger partial charge in [-0.15, -0.1) is 0 Å². The first-order valence-corrected chi connectivity index (χ1v) is 8.55. The monoisotopic (exact) mass is 364 g/mol. The summed E-state index contributed by atoms with van der Waals surface area (Å²) in [7, 11) is 1.52. The molecule has 0 radical (unpaired) electrons. The van der Waals surface area contributed by atoms with E-state index in [1.165, 1.54) is 7.11 Å². The van der Waals surface area contributed by atoms with Crippen LogP contribution in [0.1, 0.15) is 17.3 Å². The Morgan fingerprint density at radius 3 is 2.22 bits per heavy atom. The smallest absolute Gasteiger partial charge is 0.344 e. The molecule has 0 spiro atoms. The molecule has 138 valence electrons. The molecule has 0 unspecified atom stereocenters. The molecule has 1 heterocycles. The number of nitrogens with zero attached hydrogens (tertiary/aromatic N) is 1. The lowest BCUT2D eigenvalue weighted by Crippen LogP contribution is -2.27. The van der Waals surface area contributed by atoms with Crippen LogP contribution in [0.5, 0.6) is 0 Å². The zero-order valence-electron chi connectivity index (χ0n) is 15.1. The molecule has 1 N–H and O–H groups in total.